The Morgan fingerprint density at radius 1 is 1.00 bits per heavy atom. The molecule has 1 aromatic heterocycles. The molecule has 0 saturated heterocycles. The molecule has 1 amide bonds. The molecule has 1 heterocycles. The highest BCUT2D eigenvalue weighted by Crippen LogP contribution is 2.29. The van der Waals surface area contributed by atoms with Crippen molar-refractivity contribution in [3.8, 4) is 5.75 Å². The van der Waals surface area contributed by atoms with E-state index in [2.05, 4.69) is 15.0 Å². The number of aryl methyl sites for hydroxylation is 2. The van der Waals surface area contributed by atoms with Gasteiger partial charge in [0, 0.05) is 23.8 Å². The first-order chi connectivity index (χ1) is 13.8. The molecule has 0 bridgehead atoms. The lowest BCUT2D eigenvalue weighted by Crippen LogP contribution is -2.16. The van der Waals surface area contributed by atoms with Gasteiger partial charge in [-0.2, -0.15) is 0 Å². The van der Waals surface area contributed by atoms with Crippen molar-refractivity contribution in [3.63, 3.8) is 0 Å². The third kappa shape index (κ3) is 4.72. The van der Waals surface area contributed by atoms with E-state index in [0.717, 1.165) is 11.1 Å². The second-order valence-corrected chi connectivity index (χ2v) is 8.13. The maximum Gasteiger partial charge on any atom is 0.265 e. The highest BCUT2D eigenvalue weighted by molar-refractivity contribution is 7.92. The molecule has 0 radical (unpaired) electrons. The molecule has 150 valence electrons. The van der Waals surface area contributed by atoms with Gasteiger partial charge < -0.3 is 10.1 Å². The number of nitrogens with zero attached hydrogens (tertiary/aromatic N) is 1. The standard InChI is InChI=1S/C21H21N3O4S/c1-14-4-6-16(7-5-14)24-29(26,27)20-12-17(8-9-19(20)28-3)23-21(25)18-13-22-11-10-15(18)2/h4-13,24H,1-3H3,(H,23,25). The average molecular weight is 411 g/mol. The predicted octanol–water partition coefficient (Wildman–Crippen LogP) is 3.76. The fourth-order valence-electron chi connectivity index (χ4n) is 2.70. The zero-order chi connectivity index (χ0) is 21.0. The number of carbonyl (C=O) groups excluding carboxylic acids is 1. The molecule has 2 N–H and O–H groups in total. The number of rotatable bonds is 6. The Bertz CT molecular complexity index is 1140. The summed E-state index contributed by atoms with van der Waals surface area (Å²) >= 11 is 0. The molecule has 0 aliphatic rings. The third-order valence-electron chi connectivity index (χ3n) is 4.30. The molecule has 0 fully saturated rings. The quantitative estimate of drug-likeness (QED) is 0.644. The first-order valence-electron chi connectivity index (χ1n) is 8.79. The summed E-state index contributed by atoms with van der Waals surface area (Å²) in [7, 11) is -2.55. The topological polar surface area (TPSA) is 97.4 Å². The van der Waals surface area contributed by atoms with Gasteiger partial charge >= 0.3 is 0 Å². The highest BCUT2D eigenvalue weighted by Gasteiger charge is 2.21. The van der Waals surface area contributed by atoms with E-state index in [-0.39, 0.29) is 16.6 Å². The second kappa shape index (κ2) is 8.32. The Kier molecular flexibility index (Phi) is 5.84. The second-order valence-electron chi connectivity index (χ2n) is 6.48. The zero-order valence-corrected chi connectivity index (χ0v) is 17.1. The SMILES string of the molecule is COc1ccc(NC(=O)c2cnccc2C)cc1S(=O)(=O)Nc1ccc(C)cc1. The van der Waals surface area contributed by atoms with Gasteiger partial charge in [0.25, 0.3) is 15.9 Å². The molecule has 0 saturated carbocycles. The first-order valence-corrected chi connectivity index (χ1v) is 10.3. The largest absolute Gasteiger partial charge is 0.495 e. The van der Waals surface area contributed by atoms with Crippen LogP contribution in [0.5, 0.6) is 5.75 Å². The summed E-state index contributed by atoms with van der Waals surface area (Å²) in [6, 6.07) is 13.1. The van der Waals surface area contributed by atoms with Crippen LogP contribution in [0.25, 0.3) is 0 Å². The van der Waals surface area contributed by atoms with Crippen LogP contribution < -0.4 is 14.8 Å². The fourth-order valence-corrected chi connectivity index (χ4v) is 3.95. The minimum absolute atomic E-state index is 0.0821. The molecule has 0 atom stereocenters. The third-order valence-corrected chi connectivity index (χ3v) is 5.70. The van der Waals surface area contributed by atoms with E-state index in [1.165, 1.54) is 25.4 Å². The number of sulfonamides is 1. The number of hydrogen-bond donors (Lipinski definition) is 2. The van der Waals surface area contributed by atoms with Crippen molar-refractivity contribution in [2.75, 3.05) is 17.1 Å². The number of ether oxygens (including phenoxy) is 1. The molecule has 0 unspecified atom stereocenters. The monoisotopic (exact) mass is 411 g/mol. The van der Waals surface area contributed by atoms with Crippen LogP contribution >= 0.6 is 0 Å². The molecule has 0 aliphatic heterocycles. The molecule has 7 nitrogen and oxygen atoms in total. The van der Waals surface area contributed by atoms with Crippen LogP contribution in [0.1, 0.15) is 21.5 Å². The highest BCUT2D eigenvalue weighted by atomic mass is 32.2. The van der Waals surface area contributed by atoms with Gasteiger partial charge in [-0.15, -0.1) is 0 Å². The number of nitrogens with one attached hydrogen (secondary N) is 2. The van der Waals surface area contributed by atoms with Gasteiger partial charge in [-0.05, 0) is 55.8 Å². The Hall–Kier alpha value is -3.39. The van der Waals surface area contributed by atoms with Crippen LogP contribution in [0.3, 0.4) is 0 Å². The summed E-state index contributed by atoms with van der Waals surface area (Å²) in [4.78, 5) is 16.4. The number of benzene rings is 2. The van der Waals surface area contributed by atoms with Crippen LogP contribution in [0, 0.1) is 13.8 Å². The average Bonchev–Trinajstić information content (AvgIpc) is 2.70. The number of anilines is 2. The van der Waals surface area contributed by atoms with Crippen LogP contribution in [-0.2, 0) is 10.0 Å². The molecule has 0 spiro atoms. The number of carbonyl (C=O) groups is 1. The maximum absolute atomic E-state index is 12.9. The van der Waals surface area contributed by atoms with E-state index in [1.807, 2.05) is 19.1 Å². The van der Waals surface area contributed by atoms with E-state index in [4.69, 9.17) is 4.74 Å². The Labute approximate surface area is 169 Å². The Morgan fingerprint density at radius 3 is 2.34 bits per heavy atom. The van der Waals surface area contributed by atoms with Crippen molar-refractivity contribution in [3.05, 3.63) is 77.6 Å². The van der Waals surface area contributed by atoms with Crippen LogP contribution in [0.15, 0.2) is 65.8 Å². The molecule has 29 heavy (non-hydrogen) atoms. The van der Waals surface area contributed by atoms with E-state index in [0.29, 0.717) is 16.9 Å². The Morgan fingerprint density at radius 2 is 1.69 bits per heavy atom. The van der Waals surface area contributed by atoms with Crippen molar-refractivity contribution in [1.29, 1.82) is 0 Å². The van der Waals surface area contributed by atoms with Crippen molar-refractivity contribution < 1.29 is 17.9 Å². The number of amides is 1. The normalized spacial score (nSPS) is 11.0. The van der Waals surface area contributed by atoms with Crippen molar-refractivity contribution >= 4 is 27.3 Å². The predicted molar refractivity (Wildman–Crippen MR) is 112 cm³/mol. The van der Waals surface area contributed by atoms with E-state index in [9.17, 15) is 13.2 Å². The summed E-state index contributed by atoms with van der Waals surface area (Å²) in [5.74, 6) is -0.212. The van der Waals surface area contributed by atoms with E-state index >= 15 is 0 Å². The van der Waals surface area contributed by atoms with Gasteiger partial charge in [0.1, 0.15) is 10.6 Å². The van der Waals surface area contributed by atoms with Crippen LogP contribution in [0.2, 0.25) is 0 Å². The number of aromatic nitrogens is 1. The van der Waals surface area contributed by atoms with Gasteiger partial charge in [0.05, 0.1) is 12.7 Å². The Balaban J connectivity index is 1.91. The van der Waals surface area contributed by atoms with Gasteiger partial charge in [-0.25, -0.2) is 8.42 Å². The fraction of sp³-hybridized carbons (Fsp3) is 0.143. The molecule has 3 rings (SSSR count). The number of pyridine rings is 1. The maximum atomic E-state index is 12.9. The van der Waals surface area contributed by atoms with Crippen LogP contribution in [0.4, 0.5) is 11.4 Å². The molecule has 0 aliphatic carbocycles. The van der Waals surface area contributed by atoms with Crippen LogP contribution in [-0.4, -0.2) is 26.4 Å². The van der Waals surface area contributed by atoms with Gasteiger partial charge in [-0.1, -0.05) is 17.7 Å². The minimum Gasteiger partial charge on any atom is -0.495 e. The van der Waals surface area contributed by atoms with Crippen molar-refractivity contribution in [2.45, 2.75) is 18.7 Å². The van der Waals surface area contributed by atoms with Gasteiger partial charge in [-0.3, -0.25) is 14.5 Å². The molecule has 3 aromatic rings. The summed E-state index contributed by atoms with van der Waals surface area (Å²) < 4.78 is 33.6. The number of methoxy groups -OCH3 is 1. The summed E-state index contributed by atoms with van der Waals surface area (Å²) in [5, 5.41) is 2.71. The molecule has 8 heteroatoms. The van der Waals surface area contributed by atoms with Gasteiger partial charge in [0.2, 0.25) is 0 Å². The van der Waals surface area contributed by atoms with Gasteiger partial charge in [0.15, 0.2) is 0 Å². The summed E-state index contributed by atoms with van der Waals surface area (Å²) in [6.45, 7) is 3.71. The first kappa shape index (κ1) is 20.3. The lowest BCUT2D eigenvalue weighted by atomic mass is 10.1. The number of hydrogen-bond acceptors (Lipinski definition) is 5. The molecular formula is C21H21N3O4S. The van der Waals surface area contributed by atoms with Crippen molar-refractivity contribution in [2.24, 2.45) is 0 Å². The zero-order valence-electron chi connectivity index (χ0n) is 16.3. The van der Waals surface area contributed by atoms with Crippen molar-refractivity contribution in [1.82, 2.24) is 4.98 Å². The molecular weight excluding hydrogens is 390 g/mol. The smallest absolute Gasteiger partial charge is 0.265 e. The lowest BCUT2D eigenvalue weighted by Gasteiger charge is -2.14. The molecule has 2 aromatic carbocycles. The minimum atomic E-state index is -3.94. The van der Waals surface area contributed by atoms with E-state index in [1.54, 1.807) is 37.4 Å². The lowest BCUT2D eigenvalue weighted by molar-refractivity contribution is 0.102. The summed E-state index contributed by atoms with van der Waals surface area (Å²) in [5.41, 5.74) is 2.94. The van der Waals surface area contributed by atoms with E-state index < -0.39 is 10.0 Å². The summed E-state index contributed by atoms with van der Waals surface area (Å²) in [6.07, 6.45) is 3.06.